The summed E-state index contributed by atoms with van der Waals surface area (Å²) < 4.78 is 9.22. The minimum Gasteiger partial charge on any atom is -0.486 e. The lowest BCUT2D eigenvalue weighted by molar-refractivity contribution is 0.0654. The summed E-state index contributed by atoms with van der Waals surface area (Å²) >= 11 is 1.61. The Morgan fingerprint density at radius 3 is 2.57 bits per heavy atom. The molecule has 0 atom stereocenters. The van der Waals surface area contributed by atoms with Gasteiger partial charge in [0, 0.05) is 44.0 Å². The summed E-state index contributed by atoms with van der Waals surface area (Å²) in [6.07, 6.45) is 8.53. The van der Waals surface area contributed by atoms with Crippen LogP contribution in [0.15, 0.2) is 67.0 Å². The molecule has 2 amide bonds. The van der Waals surface area contributed by atoms with Crippen molar-refractivity contribution in [1.82, 2.24) is 29.5 Å². The van der Waals surface area contributed by atoms with Gasteiger partial charge in [0.05, 0.1) is 27.3 Å². The van der Waals surface area contributed by atoms with E-state index < -0.39 is 0 Å². The highest BCUT2D eigenvalue weighted by Gasteiger charge is 2.30. The van der Waals surface area contributed by atoms with Crippen LogP contribution in [0, 0.1) is 0 Å². The molecule has 0 N–H and O–H groups in total. The molecule has 7 rings (SSSR count). The van der Waals surface area contributed by atoms with Crippen LogP contribution < -0.4 is 4.74 Å². The Hall–Kier alpha value is -4.31. The molecular weight excluding hydrogens is 548 g/mol. The van der Waals surface area contributed by atoms with Gasteiger partial charge < -0.3 is 14.5 Å². The second-order valence-electron chi connectivity index (χ2n) is 11.1. The van der Waals surface area contributed by atoms with Gasteiger partial charge in [0.25, 0.3) is 11.8 Å². The predicted molar refractivity (Wildman–Crippen MR) is 162 cm³/mol. The zero-order valence-corrected chi connectivity index (χ0v) is 24.3. The third kappa shape index (κ3) is 5.11. The van der Waals surface area contributed by atoms with E-state index in [1.54, 1.807) is 23.6 Å². The molecular formula is C32H32N6O3S. The molecule has 5 aromatic rings. The number of carbonyl (C=O) groups excluding carboxylic acids is 2. The first-order valence-electron chi connectivity index (χ1n) is 14.5. The molecule has 1 aliphatic heterocycles. The van der Waals surface area contributed by atoms with Crippen LogP contribution in [0.4, 0.5) is 0 Å². The van der Waals surface area contributed by atoms with Crippen molar-refractivity contribution < 1.29 is 14.3 Å². The summed E-state index contributed by atoms with van der Waals surface area (Å²) in [7, 11) is 1.85. The smallest absolute Gasteiger partial charge is 0.272 e. The average Bonchev–Trinajstić information content (AvgIpc) is 3.68. The highest BCUT2D eigenvalue weighted by atomic mass is 32.1. The minimum absolute atomic E-state index is 0.0955. The van der Waals surface area contributed by atoms with Gasteiger partial charge in [0.15, 0.2) is 0 Å². The molecule has 1 saturated heterocycles. The van der Waals surface area contributed by atoms with E-state index >= 15 is 0 Å². The summed E-state index contributed by atoms with van der Waals surface area (Å²) in [5.41, 5.74) is 2.34. The number of rotatable bonds is 7. The van der Waals surface area contributed by atoms with Gasteiger partial charge in [-0.2, -0.15) is 5.10 Å². The van der Waals surface area contributed by atoms with Crippen molar-refractivity contribution in [3.8, 4) is 5.75 Å². The quantitative estimate of drug-likeness (QED) is 0.244. The largest absolute Gasteiger partial charge is 0.486 e. The number of piperidine rings is 1. The summed E-state index contributed by atoms with van der Waals surface area (Å²) in [5, 5.41) is 5.93. The third-order valence-corrected chi connectivity index (χ3v) is 9.53. The highest BCUT2D eigenvalue weighted by molar-refractivity contribution is 7.18. The Morgan fingerprint density at radius 1 is 1.00 bits per heavy atom. The first-order valence-corrected chi connectivity index (χ1v) is 15.3. The lowest BCUT2D eigenvalue weighted by Crippen LogP contribution is -2.42. The lowest BCUT2D eigenvalue weighted by Gasteiger charge is -2.35. The summed E-state index contributed by atoms with van der Waals surface area (Å²) in [5.74, 6) is 0.387. The number of likely N-dealkylation sites (tertiary alicyclic amines) is 1. The maximum atomic E-state index is 13.8. The molecule has 1 saturated carbocycles. The number of thiazole rings is 1. The van der Waals surface area contributed by atoms with E-state index in [2.05, 4.69) is 16.1 Å². The molecule has 0 spiro atoms. The number of fused-ring (bicyclic) bond motifs is 2. The number of amides is 2. The predicted octanol–water partition coefficient (Wildman–Crippen LogP) is 5.72. The van der Waals surface area contributed by atoms with Crippen molar-refractivity contribution >= 4 is 44.3 Å². The van der Waals surface area contributed by atoms with Gasteiger partial charge in [-0.1, -0.05) is 12.1 Å². The minimum atomic E-state index is -0.146. The van der Waals surface area contributed by atoms with E-state index in [0.717, 1.165) is 47.3 Å². The Balaban J connectivity index is 1.16. The van der Waals surface area contributed by atoms with E-state index in [1.165, 1.54) is 0 Å². The van der Waals surface area contributed by atoms with Gasteiger partial charge in [-0.05, 0) is 74.6 Å². The maximum Gasteiger partial charge on any atom is 0.272 e. The van der Waals surface area contributed by atoms with Crippen LogP contribution in [0.2, 0.25) is 0 Å². The van der Waals surface area contributed by atoms with Crippen molar-refractivity contribution in [1.29, 1.82) is 0 Å². The van der Waals surface area contributed by atoms with Gasteiger partial charge in [0.1, 0.15) is 23.1 Å². The fourth-order valence-corrected chi connectivity index (χ4v) is 6.71. The van der Waals surface area contributed by atoms with Gasteiger partial charge in [-0.25, -0.2) is 9.97 Å². The van der Waals surface area contributed by atoms with E-state index in [1.807, 2.05) is 70.2 Å². The number of pyridine rings is 1. The molecule has 2 aliphatic rings. The molecule has 1 aliphatic carbocycles. The second-order valence-corrected chi connectivity index (χ2v) is 12.2. The summed E-state index contributed by atoms with van der Waals surface area (Å²) in [4.78, 5) is 40.6. The highest BCUT2D eigenvalue weighted by Crippen LogP contribution is 2.31. The zero-order chi connectivity index (χ0) is 28.6. The Labute approximate surface area is 247 Å². The molecule has 4 heterocycles. The molecule has 2 aromatic carbocycles. The number of ether oxygens (including phenoxy) is 1. The van der Waals surface area contributed by atoms with Crippen molar-refractivity contribution in [3.05, 3.63) is 83.3 Å². The van der Waals surface area contributed by atoms with Crippen LogP contribution in [0.1, 0.15) is 64.0 Å². The standard InChI is InChI=1S/C32H32N6O3S/c1-36(21-6-4-7-21)31(39)25-19-28(32(40)37-16-12-22(13-17-37)38-15-5-14-33-38)34-26-11-10-23(18-24(25)26)41-20-30-35-27-8-2-3-9-29(27)42-30/h2-3,5,8-11,14-15,18-19,21-22H,4,6-7,12-13,16-17,20H2,1H3. The van der Waals surface area contributed by atoms with Crippen LogP contribution in [0.25, 0.3) is 21.1 Å². The first-order chi connectivity index (χ1) is 20.5. The van der Waals surface area contributed by atoms with E-state index in [0.29, 0.717) is 47.6 Å². The Bertz CT molecular complexity index is 1720. The SMILES string of the molecule is CN(C(=O)c1cc(C(=O)N2CCC(n3cccn3)CC2)nc2ccc(OCc3nc4ccccc4s3)cc12)C1CCC1. The number of benzene rings is 2. The molecule has 9 nitrogen and oxygen atoms in total. The van der Waals surface area contributed by atoms with Crippen LogP contribution in [-0.2, 0) is 6.61 Å². The number of hydrogen-bond acceptors (Lipinski definition) is 7. The molecule has 2 fully saturated rings. The monoisotopic (exact) mass is 580 g/mol. The normalized spacial score (nSPS) is 16.1. The van der Waals surface area contributed by atoms with Crippen molar-refractivity contribution in [2.75, 3.05) is 20.1 Å². The fraction of sp³-hybridized carbons (Fsp3) is 0.344. The molecule has 0 bridgehead atoms. The molecule has 10 heteroatoms. The summed E-state index contributed by atoms with van der Waals surface area (Å²) in [6, 6.07) is 17.7. The molecule has 0 radical (unpaired) electrons. The van der Waals surface area contributed by atoms with E-state index in [4.69, 9.17) is 9.72 Å². The molecule has 214 valence electrons. The van der Waals surface area contributed by atoms with E-state index in [9.17, 15) is 9.59 Å². The second kappa shape index (κ2) is 11.2. The number of carbonyl (C=O) groups is 2. The van der Waals surface area contributed by atoms with Gasteiger partial charge >= 0.3 is 0 Å². The van der Waals surface area contributed by atoms with Gasteiger partial charge in [-0.15, -0.1) is 11.3 Å². The Kier molecular flexibility index (Phi) is 7.07. The fourth-order valence-electron chi connectivity index (χ4n) is 5.83. The van der Waals surface area contributed by atoms with Crippen molar-refractivity contribution in [2.45, 2.75) is 50.8 Å². The molecule has 42 heavy (non-hydrogen) atoms. The number of nitrogens with zero attached hydrogens (tertiary/aromatic N) is 6. The van der Waals surface area contributed by atoms with Gasteiger partial charge in [-0.3, -0.25) is 14.3 Å². The zero-order valence-electron chi connectivity index (χ0n) is 23.5. The maximum absolute atomic E-state index is 13.8. The van der Waals surface area contributed by atoms with E-state index in [-0.39, 0.29) is 23.9 Å². The number of hydrogen-bond donors (Lipinski definition) is 0. The van der Waals surface area contributed by atoms with Crippen LogP contribution in [0.3, 0.4) is 0 Å². The van der Waals surface area contributed by atoms with Crippen LogP contribution >= 0.6 is 11.3 Å². The molecule has 0 unspecified atom stereocenters. The van der Waals surface area contributed by atoms with Gasteiger partial charge in [0.2, 0.25) is 0 Å². The molecule has 3 aromatic heterocycles. The average molecular weight is 581 g/mol. The Morgan fingerprint density at radius 2 is 1.83 bits per heavy atom. The van der Waals surface area contributed by atoms with Crippen LogP contribution in [-0.4, -0.2) is 67.5 Å². The topological polar surface area (TPSA) is 93.5 Å². The number of aromatic nitrogens is 4. The van der Waals surface area contributed by atoms with Crippen molar-refractivity contribution in [3.63, 3.8) is 0 Å². The third-order valence-electron chi connectivity index (χ3n) is 8.52. The van der Waals surface area contributed by atoms with Crippen molar-refractivity contribution in [2.24, 2.45) is 0 Å². The first kappa shape index (κ1) is 26.6. The lowest BCUT2D eigenvalue weighted by atomic mass is 9.91. The summed E-state index contributed by atoms with van der Waals surface area (Å²) in [6.45, 7) is 1.56. The number of para-hydroxylation sites is 1. The van der Waals surface area contributed by atoms with Crippen LogP contribution in [0.5, 0.6) is 5.75 Å².